The van der Waals surface area contributed by atoms with Crippen LogP contribution in [-0.2, 0) is 0 Å². The van der Waals surface area contributed by atoms with E-state index in [9.17, 15) is 13.2 Å². The molecule has 2 heterocycles. The lowest BCUT2D eigenvalue weighted by Crippen LogP contribution is -2.21. The van der Waals surface area contributed by atoms with Crippen LogP contribution in [0.2, 0.25) is 0 Å². The molecule has 0 amide bonds. The number of rotatable bonds is 4. The van der Waals surface area contributed by atoms with E-state index in [1.54, 1.807) is 6.20 Å². The molecule has 0 aliphatic carbocycles. The standard InChI is InChI=1S/C9H9F3N6O/c1-13-6-15-7(18-3-2-14-5-18)17-8(16-6)19-4-9(10,11)12/h2-3,5H,4H2,1H3,(H,13,15,16,17). The van der Waals surface area contributed by atoms with Gasteiger partial charge in [0.25, 0.3) is 0 Å². The van der Waals surface area contributed by atoms with Crippen molar-refractivity contribution in [3.8, 4) is 12.0 Å². The molecule has 0 aromatic carbocycles. The summed E-state index contributed by atoms with van der Waals surface area (Å²) in [5.41, 5.74) is 0. The van der Waals surface area contributed by atoms with Crippen LogP contribution in [0.5, 0.6) is 6.01 Å². The molecular weight excluding hydrogens is 265 g/mol. The summed E-state index contributed by atoms with van der Waals surface area (Å²) in [6, 6.07) is -0.416. The lowest BCUT2D eigenvalue weighted by Gasteiger charge is -2.09. The second kappa shape index (κ2) is 5.08. The van der Waals surface area contributed by atoms with Crippen molar-refractivity contribution in [2.45, 2.75) is 6.18 Å². The van der Waals surface area contributed by atoms with Crippen molar-refractivity contribution in [3.63, 3.8) is 0 Å². The lowest BCUT2D eigenvalue weighted by atomic mass is 10.7. The molecule has 0 spiro atoms. The molecule has 0 bridgehead atoms. The number of nitrogens with zero attached hydrogens (tertiary/aromatic N) is 5. The Hall–Kier alpha value is -2.39. The summed E-state index contributed by atoms with van der Waals surface area (Å²) in [6.07, 6.45) is -0.0225. The molecule has 2 aromatic rings. The Labute approximate surface area is 105 Å². The van der Waals surface area contributed by atoms with Crippen LogP contribution in [0, 0.1) is 0 Å². The van der Waals surface area contributed by atoms with Gasteiger partial charge in [-0.05, 0) is 0 Å². The van der Waals surface area contributed by atoms with E-state index in [2.05, 4.69) is 30.0 Å². The van der Waals surface area contributed by atoms with Gasteiger partial charge in [0.1, 0.15) is 6.33 Å². The number of aromatic nitrogens is 5. The van der Waals surface area contributed by atoms with Crippen molar-refractivity contribution in [2.24, 2.45) is 0 Å². The van der Waals surface area contributed by atoms with Gasteiger partial charge in [-0.2, -0.15) is 28.1 Å². The van der Waals surface area contributed by atoms with Crippen LogP contribution in [0.25, 0.3) is 5.95 Å². The molecule has 2 aromatic heterocycles. The Morgan fingerprint density at radius 1 is 1.32 bits per heavy atom. The smallest absolute Gasteiger partial charge is 0.422 e. The Morgan fingerprint density at radius 2 is 2.11 bits per heavy atom. The van der Waals surface area contributed by atoms with E-state index in [4.69, 9.17) is 0 Å². The molecular formula is C9H9F3N6O. The highest BCUT2D eigenvalue weighted by atomic mass is 19.4. The van der Waals surface area contributed by atoms with Crippen LogP contribution in [0.1, 0.15) is 0 Å². The molecule has 0 saturated carbocycles. The van der Waals surface area contributed by atoms with E-state index < -0.39 is 18.8 Å². The third-order valence-corrected chi connectivity index (χ3v) is 1.93. The fourth-order valence-corrected chi connectivity index (χ4v) is 1.16. The number of halogens is 3. The van der Waals surface area contributed by atoms with Gasteiger partial charge in [-0.1, -0.05) is 0 Å². The van der Waals surface area contributed by atoms with Crippen molar-refractivity contribution < 1.29 is 17.9 Å². The molecule has 0 saturated heterocycles. The van der Waals surface area contributed by atoms with Gasteiger partial charge in [-0.25, -0.2) is 4.98 Å². The summed E-state index contributed by atoms with van der Waals surface area (Å²) in [5, 5.41) is 2.61. The quantitative estimate of drug-likeness (QED) is 0.897. The van der Waals surface area contributed by atoms with E-state index in [0.29, 0.717) is 0 Å². The van der Waals surface area contributed by atoms with E-state index in [0.717, 1.165) is 0 Å². The van der Waals surface area contributed by atoms with Gasteiger partial charge in [-0.15, -0.1) is 0 Å². The van der Waals surface area contributed by atoms with E-state index in [-0.39, 0.29) is 11.9 Å². The molecule has 102 valence electrons. The van der Waals surface area contributed by atoms with Gasteiger partial charge in [-0.3, -0.25) is 4.57 Å². The van der Waals surface area contributed by atoms with Crippen LogP contribution in [0.3, 0.4) is 0 Å². The number of imidazole rings is 1. The zero-order chi connectivity index (χ0) is 13.9. The van der Waals surface area contributed by atoms with Crippen LogP contribution in [-0.4, -0.2) is 44.3 Å². The summed E-state index contributed by atoms with van der Waals surface area (Å²) in [6.45, 7) is -1.47. The summed E-state index contributed by atoms with van der Waals surface area (Å²) >= 11 is 0. The monoisotopic (exact) mass is 274 g/mol. The first-order valence-corrected chi connectivity index (χ1v) is 5.09. The van der Waals surface area contributed by atoms with Crippen molar-refractivity contribution in [2.75, 3.05) is 19.0 Å². The largest absolute Gasteiger partial charge is 0.454 e. The summed E-state index contributed by atoms with van der Waals surface area (Å²) < 4.78 is 42.1. The zero-order valence-electron chi connectivity index (χ0n) is 9.72. The Bertz CT molecular complexity index is 541. The number of ether oxygens (including phenoxy) is 1. The average Bonchev–Trinajstić information content (AvgIpc) is 2.89. The first-order chi connectivity index (χ1) is 8.98. The van der Waals surface area contributed by atoms with Crippen molar-refractivity contribution >= 4 is 5.95 Å². The van der Waals surface area contributed by atoms with Gasteiger partial charge in [0.05, 0.1) is 0 Å². The molecule has 0 unspecified atom stereocenters. The number of anilines is 1. The fourth-order valence-electron chi connectivity index (χ4n) is 1.16. The minimum Gasteiger partial charge on any atom is -0.454 e. The van der Waals surface area contributed by atoms with Gasteiger partial charge in [0, 0.05) is 19.4 Å². The molecule has 0 aliphatic heterocycles. The number of nitrogens with one attached hydrogen (secondary N) is 1. The second-order valence-electron chi connectivity index (χ2n) is 3.37. The van der Waals surface area contributed by atoms with Crippen LogP contribution >= 0.6 is 0 Å². The molecule has 0 atom stereocenters. The first-order valence-electron chi connectivity index (χ1n) is 5.09. The SMILES string of the molecule is CNc1nc(OCC(F)(F)F)nc(-n2ccnc2)n1. The fraction of sp³-hybridized carbons (Fsp3) is 0.333. The molecule has 2 rings (SSSR count). The van der Waals surface area contributed by atoms with E-state index >= 15 is 0 Å². The highest BCUT2D eigenvalue weighted by Crippen LogP contribution is 2.17. The number of alkyl halides is 3. The predicted molar refractivity (Wildman–Crippen MR) is 58.0 cm³/mol. The lowest BCUT2D eigenvalue weighted by molar-refractivity contribution is -0.154. The van der Waals surface area contributed by atoms with Crippen molar-refractivity contribution in [1.29, 1.82) is 0 Å². The third kappa shape index (κ3) is 3.53. The Morgan fingerprint density at radius 3 is 2.68 bits per heavy atom. The van der Waals surface area contributed by atoms with E-state index in [1.807, 2.05) is 0 Å². The summed E-state index contributed by atoms with van der Waals surface area (Å²) in [7, 11) is 1.53. The normalized spacial score (nSPS) is 11.4. The molecule has 0 radical (unpaired) electrons. The van der Waals surface area contributed by atoms with Gasteiger partial charge < -0.3 is 10.1 Å². The third-order valence-electron chi connectivity index (χ3n) is 1.93. The maximum Gasteiger partial charge on any atom is 0.422 e. The number of hydrogen-bond acceptors (Lipinski definition) is 6. The molecule has 7 nitrogen and oxygen atoms in total. The highest BCUT2D eigenvalue weighted by molar-refractivity contribution is 5.29. The first kappa shape index (κ1) is 13.1. The maximum atomic E-state index is 12.1. The molecule has 10 heteroatoms. The molecule has 0 fully saturated rings. The zero-order valence-corrected chi connectivity index (χ0v) is 9.72. The minimum absolute atomic E-state index is 0.0934. The predicted octanol–water partition coefficient (Wildman–Crippen LogP) is 1.04. The maximum absolute atomic E-state index is 12.1. The van der Waals surface area contributed by atoms with Gasteiger partial charge >= 0.3 is 12.2 Å². The van der Waals surface area contributed by atoms with Crippen molar-refractivity contribution in [3.05, 3.63) is 18.7 Å². The topological polar surface area (TPSA) is 77.8 Å². The molecule has 1 N–H and O–H groups in total. The van der Waals surface area contributed by atoms with Gasteiger partial charge in [0.2, 0.25) is 11.9 Å². The summed E-state index contributed by atoms with van der Waals surface area (Å²) in [4.78, 5) is 15.2. The molecule has 0 aliphatic rings. The van der Waals surface area contributed by atoms with Crippen molar-refractivity contribution in [1.82, 2.24) is 24.5 Å². The Balaban J connectivity index is 2.26. The number of hydrogen-bond donors (Lipinski definition) is 1. The molecule has 19 heavy (non-hydrogen) atoms. The van der Waals surface area contributed by atoms with E-state index in [1.165, 1.54) is 24.1 Å². The Kier molecular flexibility index (Phi) is 3.49. The second-order valence-corrected chi connectivity index (χ2v) is 3.37. The van der Waals surface area contributed by atoms with Crippen LogP contribution in [0.15, 0.2) is 18.7 Å². The minimum atomic E-state index is -4.46. The van der Waals surface area contributed by atoms with Gasteiger partial charge in [0.15, 0.2) is 6.61 Å². The average molecular weight is 274 g/mol. The van der Waals surface area contributed by atoms with Crippen LogP contribution in [0.4, 0.5) is 19.1 Å². The summed E-state index contributed by atoms with van der Waals surface area (Å²) in [5.74, 6) is 0.199. The van der Waals surface area contributed by atoms with Crippen LogP contribution < -0.4 is 10.1 Å². The highest BCUT2D eigenvalue weighted by Gasteiger charge is 2.29.